The van der Waals surface area contributed by atoms with Gasteiger partial charge < -0.3 is 9.63 Å². The van der Waals surface area contributed by atoms with Gasteiger partial charge >= 0.3 is 11.9 Å². The van der Waals surface area contributed by atoms with E-state index in [9.17, 15) is 32.3 Å². The maximum absolute atomic E-state index is 14.7. The van der Waals surface area contributed by atoms with Crippen molar-refractivity contribution >= 4 is 11.0 Å². The number of aromatic nitrogens is 3. The molecule has 0 aliphatic rings. The van der Waals surface area contributed by atoms with Crippen LogP contribution in [0.25, 0.3) is 27.9 Å². The summed E-state index contributed by atoms with van der Waals surface area (Å²) in [5.74, 6) is -1.23. The lowest BCUT2D eigenvalue weighted by Gasteiger charge is -2.14. The Morgan fingerprint density at radius 3 is 2.48 bits per heavy atom. The molecule has 0 aliphatic heterocycles. The Balaban J connectivity index is 2.02. The van der Waals surface area contributed by atoms with E-state index in [0.29, 0.717) is 0 Å². The maximum atomic E-state index is 14.7. The number of rotatable bonds is 2. The minimum absolute atomic E-state index is 0.0473. The molecule has 11 heteroatoms. The molecular formula is C20H13F4N3O4. The summed E-state index contributed by atoms with van der Waals surface area (Å²) in [6.07, 6.45) is -4.95. The van der Waals surface area contributed by atoms with E-state index < -0.39 is 34.6 Å². The average molecular weight is 435 g/mol. The Morgan fingerprint density at radius 2 is 1.81 bits per heavy atom. The molecule has 160 valence electrons. The monoisotopic (exact) mass is 435 g/mol. The van der Waals surface area contributed by atoms with Gasteiger partial charge in [-0.25, -0.2) is 13.8 Å². The SMILES string of the molecule is Cc1ccc(O)c(-c2noc3cc(F)c(-n4c(=O)cc(C(F)(F)F)n(C)c4=O)cc23)c1. The predicted octanol–water partition coefficient (Wildman–Crippen LogP) is 3.52. The molecule has 0 amide bonds. The molecule has 2 heterocycles. The Morgan fingerprint density at radius 1 is 1.10 bits per heavy atom. The van der Waals surface area contributed by atoms with Crippen molar-refractivity contribution in [3.8, 4) is 22.7 Å². The number of alkyl halides is 3. The molecule has 0 aliphatic carbocycles. The fourth-order valence-electron chi connectivity index (χ4n) is 3.27. The molecule has 0 radical (unpaired) electrons. The zero-order valence-corrected chi connectivity index (χ0v) is 16.0. The van der Waals surface area contributed by atoms with Gasteiger partial charge in [-0.05, 0) is 25.1 Å². The van der Waals surface area contributed by atoms with Crippen molar-refractivity contribution in [2.24, 2.45) is 7.05 Å². The number of hydrogen-bond donors (Lipinski definition) is 1. The number of aromatic hydroxyl groups is 1. The van der Waals surface area contributed by atoms with Gasteiger partial charge in [-0.1, -0.05) is 16.8 Å². The van der Waals surface area contributed by atoms with E-state index in [-0.39, 0.29) is 43.2 Å². The summed E-state index contributed by atoms with van der Waals surface area (Å²) >= 11 is 0. The van der Waals surface area contributed by atoms with E-state index >= 15 is 0 Å². The third kappa shape index (κ3) is 3.27. The van der Waals surface area contributed by atoms with Crippen molar-refractivity contribution in [2.75, 3.05) is 0 Å². The van der Waals surface area contributed by atoms with Crippen LogP contribution >= 0.6 is 0 Å². The standard InChI is InChI=1S/C20H13F4N3O4/c1-9-3-4-14(28)10(5-9)18-11-6-13(12(21)7-15(11)31-25-18)27-17(29)8-16(20(22,23)24)26(2)19(27)30/h3-8,28H,1-2H3. The van der Waals surface area contributed by atoms with Gasteiger partial charge in [0, 0.05) is 24.7 Å². The van der Waals surface area contributed by atoms with Crippen molar-refractivity contribution in [3.63, 3.8) is 0 Å². The average Bonchev–Trinajstić information content (AvgIpc) is 3.08. The summed E-state index contributed by atoms with van der Waals surface area (Å²) in [5, 5.41) is 14.1. The first-order chi connectivity index (χ1) is 14.5. The van der Waals surface area contributed by atoms with Gasteiger partial charge in [0.2, 0.25) is 0 Å². The molecule has 4 rings (SSSR count). The Labute approximate surface area is 170 Å². The van der Waals surface area contributed by atoms with Crippen LogP contribution in [0.5, 0.6) is 5.75 Å². The summed E-state index contributed by atoms with van der Waals surface area (Å²) in [6.45, 7) is 1.77. The summed E-state index contributed by atoms with van der Waals surface area (Å²) < 4.78 is 59.5. The van der Waals surface area contributed by atoms with Crippen LogP contribution in [0.15, 0.2) is 50.5 Å². The van der Waals surface area contributed by atoms with E-state index in [1.807, 2.05) is 0 Å². The largest absolute Gasteiger partial charge is 0.507 e. The smallest absolute Gasteiger partial charge is 0.431 e. The fourth-order valence-corrected chi connectivity index (χ4v) is 3.27. The van der Waals surface area contributed by atoms with Gasteiger partial charge in [-0.2, -0.15) is 13.2 Å². The minimum Gasteiger partial charge on any atom is -0.507 e. The minimum atomic E-state index is -4.95. The molecule has 0 bridgehead atoms. The summed E-state index contributed by atoms with van der Waals surface area (Å²) in [7, 11) is 0.827. The second-order valence-electron chi connectivity index (χ2n) is 6.89. The highest BCUT2D eigenvalue weighted by Crippen LogP contribution is 2.36. The number of aryl methyl sites for hydroxylation is 1. The molecule has 0 saturated carbocycles. The lowest BCUT2D eigenvalue weighted by molar-refractivity contribution is -0.144. The van der Waals surface area contributed by atoms with Crippen molar-refractivity contribution in [1.29, 1.82) is 0 Å². The summed E-state index contributed by atoms with van der Waals surface area (Å²) in [4.78, 5) is 24.9. The molecule has 0 spiro atoms. The number of benzene rings is 2. The molecule has 2 aromatic carbocycles. The van der Waals surface area contributed by atoms with Crippen LogP contribution in [0.4, 0.5) is 17.6 Å². The molecule has 0 saturated heterocycles. The molecule has 7 nitrogen and oxygen atoms in total. The Kier molecular flexibility index (Phi) is 4.49. The first-order valence-corrected chi connectivity index (χ1v) is 8.78. The predicted molar refractivity (Wildman–Crippen MR) is 102 cm³/mol. The Hall–Kier alpha value is -3.89. The highest BCUT2D eigenvalue weighted by Gasteiger charge is 2.35. The number of hydrogen-bond acceptors (Lipinski definition) is 5. The van der Waals surface area contributed by atoms with Crippen molar-refractivity contribution < 1.29 is 27.2 Å². The van der Waals surface area contributed by atoms with Crippen LogP contribution in [0.2, 0.25) is 0 Å². The van der Waals surface area contributed by atoms with E-state index in [1.54, 1.807) is 19.1 Å². The Bertz CT molecular complexity index is 1460. The quantitative estimate of drug-likeness (QED) is 0.487. The lowest BCUT2D eigenvalue weighted by Crippen LogP contribution is -2.41. The van der Waals surface area contributed by atoms with E-state index in [1.165, 1.54) is 6.07 Å². The van der Waals surface area contributed by atoms with Gasteiger partial charge in [-0.15, -0.1) is 0 Å². The maximum Gasteiger partial charge on any atom is 0.431 e. The molecular weight excluding hydrogens is 422 g/mol. The van der Waals surface area contributed by atoms with Crippen molar-refractivity contribution in [1.82, 2.24) is 14.3 Å². The number of halogens is 4. The molecule has 0 unspecified atom stereocenters. The van der Waals surface area contributed by atoms with Crippen LogP contribution in [-0.2, 0) is 13.2 Å². The third-order valence-electron chi connectivity index (χ3n) is 4.80. The topological polar surface area (TPSA) is 90.3 Å². The van der Waals surface area contributed by atoms with Crippen LogP contribution in [-0.4, -0.2) is 19.4 Å². The zero-order valence-electron chi connectivity index (χ0n) is 16.0. The number of phenolic OH excluding ortho intramolecular Hbond substituents is 1. The van der Waals surface area contributed by atoms with Gasteiger partial charge in [0.05, 0.1) is 11.1 Å². The fraction of sp³-hybridized carbons (Fsp3) is 0.150. The highest BCUT2D eigenvalue weighted by molar-refractivity contribution is 5.94. The highest BCUT2D eigenvalue weighted by atomic mass is 19.4. The van der Waals surface area contributed by atoms with Crippen LogP contribution in [0, 0.1) is 12.7 Å². The van der Waals surface area contributed by atoms with Crippen molar-refractivity contribution in [3.05, 3.63) is 74.3 Å². The molecule has 4 aromatic rings. The second-order valence-corrected chi connectivity index (χ2v) is 6.89. The first-order valence-electron chi connectivity index (χ1n) is 8.78. The van der Waals surface area contributed by atoms with E-state index in [4.69, 9.17) is 4.52 Å². The van der Waals surface area contributed by atoms with E-state index in [0.717, 1.165) is 24.7 Å². The summed E-state index contributed by atoms with van der Waals surface area (Å²) in [5.41, 5.74) is -3.69. The van der Waals surface area contributed by atoms with E-state index in [2.05, 4.69) is 5.16 Å². The van der Waals surface area contributed by atoms with Gasteiger partial charge in [0.15, 0.2) is 11.4 Å². The van der Waals surface area contributed by atoms with Gasteiger partial charge in [-0.3, -0.25) is 9.36 Å². The first kappa shape index (κ1) is 20.4. The number of fused-ring (bicyclic) bond motifs is 1. The van der Waals surface area contributed by atoms with Crippen LogP contribution in [0.3, 0.4) is 0 Å². The van der Waals surface area contributed by atoms with Crippen molar-refractivity contribution in [2.45, 2.75) is 13.1 Å². The normalized spacial score (nSPS) is 11.9. The molecule has 0 fully saturated rings. The molecule has 2 aromatic heterocycles. The third-order valence-corrected chi connectivity index (χ3v) is 4.80. The number of phenols is 1. The summed E-state index contributed by atoms with van der Waals surface area (Å²) in [6, 6.07) is 6.81. The second kappa shape index (κ2) is 6.83. The number of nitrogens with zero attached hydrogens (tertiary/aromatic N) is 3. The lowest BCUT2D eigenvalue weighted by atomic mass is 10.0. The molecule has 1 N–H and O–H groups in total. The van der Waals surface area contributed by atoms with Crippen LogP contribution in [0.1, 0.15) is 11.3 Å². The van der Waals surface area contributed by atoms with Crippen LogP contribution < -0.4 is 11.2 Å². The zero-order chi connectivity index (χ0) is 22.7. The van der Waals surface area contributed by atoms with Gasteiger partial charge in [0.25, 0.3) is 5.56 Å². The molecule has 31 heavy (non-hydrogen) atoms. The molecule has 0 atom stereocenters. The van der Waals surface area contributed by atoms with Gasteiger partial charge in [0.1, 0.15) is 17.1 Å².